The molecular formula is C13H12F3N3O2. The number of hydrogen-bond donors (Lipinski definition) is 2. The molecule has 0 saturated heterocycles. The maximum atomic E-state index is 12.2. The number of pyridine rings is 1. The van der Waals surface area contributed by atoms with Crippen LogP contribution < -0.4 is 5.73 Å². The summed E-state index contributed by atoms with van der Waals surface area (Å²) in [6.07, 6.45) is 0.405. The molecule has 0 radical (unpaired) electrons. The van der Waals surface area contributed by atoms with Gasteiger partial charge < -0.3 is 15.7 Å². The van der Waals surface area contributed by atoms with E-state index in [-0.39, 0.29) is 17.3 Å². The Bertz CT molecular complexity index is 621. The fourth-order valence-electron chi connectivity index (χ4n) is 1.93. The van der Waals surface area contributed by atoms with Crippen molar-refractivity contribution < 1.29 is 23.1 Å². The Labute approximate surface area is 118 Å². The van der Waals surface area contributed by atoms with Gasteiger partial charge in [-0.15, -0.1) is 13.2 Å². The zero-order chi connectivity index (χ0) is 15.5. The van der Waals surface area contributed by atoms with Crippen molar-refractivity contribution in [2.45, 2.75) is 19.2 Å². The first-order valence-electron chi connectivity index (χ1n) is 6.00. The van der Waals surface area contributed by atoms with Crippen LogP contribution in [0.25, 0.3) is 5.57 Å². The average molecular weight is 299 g/mol. The number of oxime groups is 1. The summed E-state index contributed by atoms with van der Waals surface area (Å²) < 4.78 is 40.6. The molecule has 0 spiro atoms. The summed E-state index contributed by atoms with van der Waals surface area (Å²) in [5.41, 5.74) is 6.98. The molecule has 112 valence electrons. The first-order valence-corrected chi connectivity index (χ1v) is 6.00. The number of rotatable bonds is 3. The molecule has 0 fully saturated rings. The maximum absolute atomic E-state index is 12.2. The lowest BCUT2D eigenvalue weighted by Crippen LogP contribution is -2.15. The van der Waals surface area contributed by atoms with Crippen molar-refractivity contribution in [2.75, 3.05) is 0 Å². The molecule has 5 nitrogen and oxygen atoms in total. The summed E-state index contributed by atoms with van der Waals surface area (Å²) in [6, 6.07) is 3.17. The van der Waals surface area contributed by atoms with Gasteiger partial charge in [-0.3, -0.25) is 4.98 Å². The summed E-state index contributed by atoms with van der Waals surface area (Å²) in [5.74, 6) is -0.415. The zero-order valence-corrected chi connectivity index (χ0v) is 10.8. The topological polar surface area (TPSA) is 80.7 Å². The Morgan fingerprint density at radius 2 is 2.19 bits per heavy atom. The Hall–Kier alpha value is -2.51. The number of nitrogens with two attached hydrogens (primary N) is 1. The minimum absolute atomic E-state index is 0.171. The second-order valence-corrected chi connectivity index (χ2v) is 4.28. The molecular weight excluding hydrogens is 287 g/mol. The van der Waals surface area contributed by atoms with E-state index in [0.717, 1.165) is 0 Å². The van der Waals surface area contributed by atoms with Gasteiger partial charge in [0.15, 0.2) is 5.84 Å². The van der Waals surface area contributed by atoms with Gasteiger partial charge in [0, 0.05) is 6.20 Å². The number of hydrogen-bond acceptors (Lipinski definition) is 4. The van der Waals surface area contributed by atoms with Gasteiger partial charge in [0.1, 0.15) is 11.5 Å². The largest absolute Gasteiger partial charge is 0.573 e. The lowest BCUT2D eigenvalue weighted by atomic mass is 9.97. The predicted octanol–water partition coefficient (Wildman–Crippen LogP) is 2.77. The van der Waals surface area contributed by atoms with Crippen molar-refractivity contribution in [2.24, 2.45) is 10.9 Å². The van der Waals surface area contributed by atoms with E-state index in [1.807, 2.05) is 0 Å². The number of alkyl halides is 3. The first kappa shape index (κ1) is 14.9. The smallest absolute Gasteiger partial charge is 0.409 e. The molecule has 1 aliphatic rings. The van der Waals surface area contributed by atoms with Gasteiger partial charge in [-0.25, -0.2) is 0 Å². The van der Waals surface area contributed by atoms with E-state index in [0.29, 0.717) is 24.0 Å². The van der Waals surface area contributed by atoms with Crippen LogP contribution in [-0.2, 0) is 4.74 Å². The van der Waals surface area contributed by atoms with Crippen LogP contribution in [-0.4, -0.2) is 22.4 Å². The standard InChI is InChI=1S/C13H12F3N3O2/c14-13(15,16)21-10-3-1-2-8(6-10)9-4-5-18-11(7-9)12(17)19-20/h3-7,20H,1-2H2,(H2,17,19). The van der Waals surface area contributed by atoms with Gasteiger partial charge in [0.2, 0.25) is 0 Å². The molecule has 0 atom stereocenters. The molecule has 0 bridgehead atoms. The fraction of sp³-hybridized carbons (Fsp3) is 0.231. The zero-order valence-electron chi connectivity index (χ0n) is 10.8. The monoisotopic (exact) mass is 299 g/mol. The fourth-order valence-corrected chi connectivity index (χ4v) is 1.93. The molecule has 21 heavy (non-hydrogen) atoms. The molecule has 0 aromatic carbocycles. The summed E-state index contributed by atoms with van der Waals surface area (Å²) in [4.78, 5) is 3.91. The van der Waals surface area contributed by atoms with E-state index in [9.17, 15) is 13.2 Å². The van der Waals surface area contributed by atoms with Crippen LogP contribution in [0.4, 0.5) is 13.2 Å². The van der Waals surface area contributed by atoms with Crippen LogP contribution in [0.1, 0.15) is 24.1 Å². The molecule has 0 amide bonds. The lowest BCUT2D eigenvalue weighted by molar-refractivity contribution is -0.303. The van der Waals surface area contributed by atoms with E-state index in [2.05, 4.69) is 14.9 Å². The highest BCUT2D eigenvalue weighted by Crippen LogP contribution is 2.30. The Kier molecular flexibility index (Phi) is 4.15. The Morgan fingerprint density at radius 1 is 1.43 bits per heavy atom. The van der Waals surface area contributed by atoms with Crippen LogP contribution in [0.3, 0.4) is 0 Å². The van der Waals surface area contributed by atoms with Crippen molar-refractivity contribution in [3.63, 3.8) is 0 Å². The van der Waals surface area contributed by atoms with Gasteiger partial charge in [-0.1, -0.05) is 5.16 Å². The van der Waals surface area contributed by atoms with Crippen LogP contribution in [0, 0.1) is 0 Å². The van der Waals surface area contributed by atoms with Gasteiger partial charge in [-0.2, -0.15) is 0 Å². The molecule has 8 heteroatoms. The van der Waals surface area contributed by atoms with Crippen molar-refractivity contribution in [1.29, 1.82) is 0 Å². The third kappa shape index (κ3) is 3.98. The molecule has 1 aromatic rings. The molecule has 1 aliphatic carbocycles. The normalized spacial score (nSPS) is 16.2. The van der Waals surface area contributed by atoms with Gasteiger partial charge >= 0.3 is 6.36 Å². The second-order valence-electron chi connectivity index (χ2n) is 4.28. The summed E-state index contributed by atoms with van der Waals surface area (Å²) in [5, 5.41) is 11.4. The SMILES string of the molecule is N/C(=N\O)c1cc(C2=CC(OC(F)(F)F)=CCC2)ccn1. The number of allylic oxidation sites excluding steroid dienone is 3. The molecule has 2 rings (SSSR count). The predicted molar refractivity (Wildman–Crippen MR) is 69.2 cm³/mol. The van der Waals surface area contributed by atoms with Gasteiger partial charge in [-0.05, 0) is 48.3 Å². The van der Waals surface area contributed by atoms with Crippen LogP contribution in [0.15, 0.2) is 41.4 Å². The van der Waals surface area contributed by atoms with Crippen molar-refractivity contribution in [1.82, 2.24) is 4.98 Å². The Morgan fingerprint density at radius 3 is 2.86 bits per heavy atom. The van der Waals surface area contributed by atoms with E-state index in [1.54, 1.807) is 6.07 Å². The molecule has 3 N–H and O–H groups in total. The van der Waals surface area contributed by atoms with Crippen LogP contribution >= 0.6 is 0 Å². The maximum Gasteiger partial charge on any atom is 0.573 e. The molecule has 0 aliphatic heterocycles. The summed E-state index contributed by atoms with van der Waals surface area (Å²) >= 11 is 0. The van der Waals surface area contributed by atoms with Crippen molar-refractivity contribution in [3.8, 4) is 0 Å². The summed E-state index contributed by atoms with van der Waals surface area (Å²) in [7, 11) is 0. The second kappa shape index (κ2) is 5.86. The van der Waals surface area contributed by atoms with Gasteiger partial charge in [0.05, 0.1) is 0 Å². The highest BCUT2D eigenvalue weighted by Gasteiger charge is 2.32. The minimum Gasteiger partial charge on any atom is -0.409 e. The number of amidine groups is 1. The highest BCUT2D eigenvalue weighted by molar-refractivity contribution is 5.95. The van der Waals surface area contributed by atoms with Gasteiger partial charge in [0.25, 0.3) is 0 Å². The minimum atomic E-state index is -4.72. The number of ether oxygens (including phenoxy) is 1. The number of halogens is 3. The lowest BCUT2D eigenvalue weighted by Gasteiger charge is -2.16. The number of aromatic nitrogens is 1. The van der Waals surface area contributed by atoms with Crippen molar-refractivity contribution >= 4 is 11.4 Å². The van der Waals surface area contributed by atoms with E-state index in [4.69, 9.17) is 10.9 Å². The van der Waals surface area contributed by atoms with E-state index >= 15 is 0 Å². The Balaban J connectivity index is 2.28. The molecule has 0 unspecified atom stereocenters. The molecule has 1 aromatic heterocycles. The molecule has 0 saturated carbocycles. The van der Waals surface area contributed by atoms with Crippen LogP contribution in [0.5, 0.6) is 0 Å². The average Bonchev–Trinajstić information content (AvgIpc) is 2.45. The quantitative estimate of drug-likeness (QED) is 0.389. The number of nitrogens with zero attached hydrogens (tertiary/aromatic N) is 2. The third-order valence-corrected chi connectivity index (χ3v) is 2.81. The van der Waals surface area contributed by atoms with Crippen LogP contribution in [0.2, 0.25) is 0 Å². The first-order chi connectivity index (χ1) is 9.89. The summed E-state index contributed by atoms with van der Waals surface area (Å²) in [6.45, 7) is 0. The molecule has 1 heterocycles. The third-order valence-electron chi connectivity index (χ3n) is 2.81. The highest BCUT2D eigenvalue weighted by atomic mass is 19.4. The van der Waals surface area contributed by atoms with Crippen molar-refractivity contribution in [3.05, 3.63) is 47.5 Å². The van der Waals surface area contributed by atoms with E-state index < -0.39 is 6.36 Å². The van der Waals surface area contributed by atoms with E-state index in [1.165, 1.54) is 24.4 Å².